The molecule has 0 radical (unpaired) electrons. The van der Waals surface area contributed by atoms with Crippen molar-refractivity contribution in [1.29, 1.82) is 0 Å². The molecule has 0 spiro atoms. The summed E-state index contributed by atoms with van der Waals surface area (Å²) in [7, 11) is 1.61. The lowest BCUT2D eigenvalue weighted by atomic mass is 10.0. The number of benzene rings is 2. The van der Waals surface area contributed by atoms with Gasteiger partial charge in [0, 0.05) is 36.6 Å². The summed E-state index contributed by atoms with van der Waals surface area (Å²) < 4.78 is 10.6. The maximum absolute atomic E-state index is 13.2. The molecule has 1 fully saturated rings. The Morgan fingerprint density at radius 3 is 2.70 bits per heavy atom. The quantitative estimate of drug-likeness (QED) is 0.530. The second kappa shape index (κ2) is 10.9. The summed E-state index contributed by atoms with van der Waals surface area (Å²) in [6, 6.07) is 16.4. The molecule has 2 heterocycles. The molecule has 172 valence electrons. The average Bonchev–Trinajstić information content (AvgIpc) is 3.33. The molecule has 33 heavy (non-hydrogen) atoms. The van der Waals surface area contributed by atoms with E-state index >= 15 is 0 Å². The van der Waals surface area contributed by atoms with Gasteiger partial charge in [-0.05, 0) is 17.7 Å². The number of nitrogens with one attached hydrogen (secondary N) is 2. The Hall–Kier alpha value is -3.43. The summed E-state index contributed by atoms with van der Waals surface area (Å²) in [4.78, 5) is 32.3. The van der Waals surface area contributed by atoms with E-state index in [2.05, 4.69) is 15.6 Å². The van der Waals surface area contributed by atoms with E-state index in [4.69, 9.17) is 9.47 Å². The average molecular weight is 467 g/mol. The van der Waals surface area contributed by atoms with Crippen LogP contribution < -0.4 is 15.4 Å². The fraction of sp³-hybridized carbons (Fsp3) is 0.292. The minimum absolute atomic E-state index is 0.111. The van der Waals surface area contributed by atoms with Gasteiger partial charge in [-0.1, -0.05) is 36.4 Å². The van der Waals surface area contributed by atoms with Crippen molar-refractivity contribution in [3.8, 4) is 5.75 Å². The molecule has 1 aliphatic heterocycles. The molecule has 0 bridgehead atoms. The fourth-order valence-corrected chi connectivity index (χ4v) is 4.26. The smallest absolute Gasteiger partial charge is 0.271 e. The number of nitrogens with zero attached hydrogens (tertiary/aromatic N) is 2. The van der Waals surface area contributed by atoms with Crippen LogP contribution in [0.3, 0.4) is 0 Å². The summed E-state index contributed by atoms with van der Waals surface area (Å²) >= 11 is 1.32. The van der Waals surface area contributed by atoms with Crippen LogP contribution in [0.4, 0.5) is 10.8 Å². The zero-order valence-electron chi connectivity index (χ0n) is 18.3. The number of methoxy groups -OCH3 is 1. The van der Waals surface area contributed by atoms with Crippen LogP contribution in [0.1, 0.15) is 16.1 Å². The minimum Gasteiger partial charge on any atom is -0.497 e. The standard InChI is InChI=1S/C24H26N4O4S/c1-31-19-9-5-8-18(15-19)25-24-27-21(16-33-24)22(29)26-20(14-17-6-3-2-4-7-17)23(30)28-10-12-32-13-11-28/h2-9,15-16,20H,10-14H2,1H3,(H,25,27)(H,26,29)/t20-/m1/s1. The molecule has 2 aromatic carbocycles. The van der Waals surface area contributed by atoms with Crippen molar-refractivity contribution in [2.75, 3.05) is 38.7 Å². The Bertz CT molecular complexity index is 1080. The number of carbonyl (C=O) groups excluding carboxylic acids is 2. The summed E-state index contributed by atoms with van der Waals surface area (Å²) in [5.74, 6) is 0.229. The van der Waals surface area contributed by atoms with Crippen LogP contribution in [0.2, 0.25) is 0 Å². The number of morpholine rings is 1. The fourth-order valence-electron chi connectivity index (χ4n) is 3.55. The number of thiazole rings is 1. The van der Waals surface area contributed by atoms with Crippen LogP contribution in [0.25, 0.3) is 0 Å². The molecule has 1 aliphatic rings. The number of ether oxygens (including phenoxy) is 2. The van der Waals surface area contributed by atoms with Crippen molar-refractivity contribution >= 4 is 34.0 Å². The summed E-state index contributed by atoms with van der Waals surface area (Å²) in [5.41, 5.74) is 2.04. The molecule has 1 atom stereocenters. The molecule has 1 saturated heterocycles. The van der Waals surface area contributed by atoms with Gasteiger partial charge in [0.2, 0.25) is 5.91 Å². The Morgan fingerprint density at radius 1 is 1.15 bits per heavy atom. The number of carbonyl (C=O) groups is 2. The van der Waals surface area contributed by atoms with Crippen LogP contribution in [-0.4, -0.2) is 61.2 Å². The van der Waals surface area contributed by atoms with E-state index in [-0.39, 0.29) is 17.5 Å². The number of hydrogen-bond donors (Lipinski definition) is 2. The lowest BCUT2D eigenvalue weighted by Crippen LogP contribution is -2.52. The zero-order chi connectivity index (χ0) is 23.0. The highest BCUT2D eigenvalue weighted by atomic mass is 32.1. The molecule has 2 N–H and O–H groups in total. The molecule has 3 aromatic rings. The molecule has 8 nitrogen and oxygen atoms in total. The predicted octanol–water partition coefficient (Wildman–Crippen LogP) is 3.10. The van der Waals surface area contributed by atoms with Crippen molar-refractivity contribution in [2.24, 2.45) is 0 Å². The minimum atomic E-state index is -0.686. The first-order valence-electron chi connectivity index (χ1n) is 10.7. The second-order valence-corrected chi connectivity index (χ2v) is 8.41. The predicted molar refractivity (Wildman–Crippen MR) is 127 cm³/mol. The van der Waals surface area contributed by atoms with Gasteiger partial charge in [-0.3, -0.25) is 9.59 Å². The maximum Gasteiger partial charge on any atom is 0.271 e. The first-order chi connectivity index (χ1) is 16.1. The van der Waals surface area contributed by atoms with E-state index in [1.807, 2.05) is 54.6 Å². The summed E-state index contributed by atoms with van der Waals surface area (Å²) in [5, 5.41) is 8.33. The third-order valence-corrected chi connectivity index (χ3v) is 6.02. The second-order valence-electron chi connectivity index (χ2n) is 7.55. The Balaban J connectivity index is 1.46. The Morgan fingerprint density at radius 2 is 1.94 bits per heavy atom. The molecule has 0 aliphatic carbocycles. The van der Waals surface area contributed by atoms with E-state index in [0.29, 0.717) is 37.9 Å². The van der Waals surface area contributed by atoms with E-state index in [0.717, 1.165) is 17.0 Å². The van der Waals surface area contributed by atoms with Gasteiger partial charge in [0.25, 0.3) is 5.91 Å². The van der Waals surface area contributed by atoms with Crippen LogP contribution in [0, 0.1) is 0 Å². The van der Waals surface area contributed by atoms with E-state index in [9.17, 15) is 9.59 Å². The normalized spacial score (nSPS) is 14.4. The number of amides is 2. The topological polar surface area (TPSA) is 92.8 Å². The van der Waals surface area contributed by atoms with Crippen LogP contribution in [0.5, 0.6) is 5.75 Å². The number of hydrogen-bond acceptors (Lipinski definition) is 7. The molecule has 0 unspecified atom stereocenters. The third kappa shape index (κ3) is 6.09. The maximum atomic E-state index is 13.2. The highest BCUT2D eigenvalue weighted by Gasteiger charge is 2.28. The lowest BCUT2D eigenvalue weighted by Gasteiger charge is -2.30. The molecule has 9 heteroatoms. The van der Waals surface area contributed by atoms with Crippen LogP contribution >= 0.6 is 11.3 Å². The van der Waals surface area contributed by atoms with Crippen molar-refractivity contribution in [1.82, 2.24) is 15.2 Å². The SMILES string of the molecule is COc1cccc(Nc2nc(C(=O)N[C@H](Cc3ccccc3)C(=O)N3CCOCC3)cs2)c1. The molecular weight excluding hydrogens is 440 g/mol. The van der Waals surface area contributed by atoms with E-state index < -0.39 is 6.04 Å². The van der Waals surface area contributed by atoms with Crippen molar-refractivity contribution in [3.05, 3.63) is 71.2 Å². The number of rotatable bonds is 8. The van der Waals surface area contributed by atoms with E-state index in [1.54, 1.807) is 17.4 Å². The third-order valence-electron chi connectivity index (χ3n) is 5.27. The molecule has 0 saturated carbocycles. The summed E-state index contributed by atoms with van der Waals surface area (Å²) in [6.07, 6.45) is 0.405. The highest BCUT2D eigenvalue weighted by molar-refractivity contribution is 7.14. The van der Waals surface area contributed by atoms with Gasteiger partial charge in [0.1, 0.15) is 17.5 Å². The van der Waals surface area contributed by atoms with Crippen LogP contribution in [-0.2, 0) is 16.0 Å². The molecule has 4 rings (SSSR count). The van der Waals surface area contributed by atoms with E-state index in [1.165, 1.54) is 11.3 Å². The van der Waals surface area contributed by atoms with Crippen molar-refractivity contribution < 1.29 is 19.1 Å². The Kier molecular flexibility index (Phi) is 7.54. The van der Waals surface area contributed by atoms with Crippen LogP contribution in [0.15, 0.2) is 60.0 Å². The largest absolute Gasteiger partial charge is 0.497 e. The molecule has 1 aromatic heterocycles. The van der Waals surface area contributed by atoms with Crippen molar-refractivity contribution in [3.63, 3.8) is 0 Å². The molecular formula is C24H26N4O4S. The number of aromatic nitrogens is 1. The van der Waals surface area contributed by atoms with Gasteiger partial charge >= 0.3 is 0 Å². The highest BCUT2D eigenvalue weighted by Crippen LogP contribution is 2.24. The molecule has 2 amide bonds. The van der Waals surface area contributed by atoms with Crippen molar-refractivity contribution in [2.45, 2.75) is 12.5 Å². The lowest BCUT2D eigenvalue weighted by molar-refractivity contribution is -0.137. The van der Waals surface area contributed by atoms with Gasteiger partial charge in [0.05, 0.1) is 20.3 Å². The zero-order valence-corrected chi connectivity index (χ0v) is 19.1. The van der Waals surface area contributed by atoms with Gasteiger partial charge in [0.15, 0.2) is 5.13 Å². The number of anilines is 2. The Labute approximate surface area is 196 Å². The first kappa shape index (κ1) is 22.8. The van der Waals surface area contributed by atoms with Gasteiger partial charge in [-0.25, -0.2) is 4.98 Å². The van der Waals surface area contributed by atoms with Gasteiger partial charge in [-0.15, -0.1) is 11.3 Å². The first-order valence-corrected chi connectivity index (χ1v) is 11.6. The van der Waals surface area contributed by atoms with Gasteiger partial charge < -0.3 is 25.0 Å². The summed E-state index contributed by atoms with van der Waals surface area (Å²) in [6.45, 7) is 2.04. The monoisotopic (exact) mass is 466 g/mol. The van der Waals surface area contributed by atoms with Gasteiger partial charge in [-0.2, -0.15) is 0 Å².